The van der Waals surface area contributed by atoms with Crippen molar-refractivity contribution in [2.24, 2.45) is 0 Å². The molecule has 1 unspecified atom stereocenters. The first-order valence-electron chi connectivity index (χ1n) is 9.09. The molecule has 1 amide bonds. The fourth-order valence-corrected chi connectivity index (χ4v) is 3.52. The van der Waals surface area contributed by atoms with Gasteiger partial charge in [0.15, 0.2) is 6.10 Å². The Hall–Kier alpha value is -3.70. The summed E-state index contributed by atoms with van der Waals surface area (Å²) in [5, 5.41) is 13.3. The molecule has 162 valence electrons. The summed E-state index contributed by atoms with van der Waals surface area (Å²) in [5.74, 6) is 0.316. The van der Waals surface area contributed by atoms with Crippen LogP contribution in [-0.2, 0) is 21.4 Å². The smallest absolute Gasteiger partial charge is 0.269 e. The molecule has 1 heterocycles. The lowest BCUT2D eigenvalue weighted by Gasteiger charge is -2.15. The minimum absolute atomic E-state index is 0.0192. The minimum atomic E-state index is -3.74. The first kappa shape index (κ1) is 22.0. The number of hydrogen-bond acceptors (Lipinski definition) is 7. The average molecular weight is 445 g/mol. The van der Waals surface area contributed by atoms with Crippen molar-refractivity contribution in [2.75, 3.05) is 5.32 Å². The molecule has 1 aromatic heterocycles. The number of anilines is 1. The predicted octanol–water partition coefficient (Wildman–Crippen LogP) is 3.07. The topological polar surface area (TPSA) is 141 Å². The third kappa shape index (κ3) is 5.90. The van der Waals surface area contributed by atoms with Crippen molar-refractivity contribution in [2.45, 2.75) is 24.5 Å². The maximum atomic E-state index is 12.3. The minimum Gasteiger partial charge on any atom is -0.481 e. The predicted molar refractivity (Wildman–Crippen MR) is 111 cm³/mol. The molecule has 2 N–H and O–H groups in total. The molecule has 3 rings (SSSR count). The number of sulfonamides is 1. The third-order valence-corrected chi connectivity index (χ3v) is 5.60. The van der Waals surface area contributed by atoms with Crippen LogP contribution >= 0.6 is 0 Å². The van der Waals surface area contributed by atoms with E-state index in [0.717, 1.165) is 0 Å². The van der Waals surface area contributed by atoms with Crippen LogP contribution in [0.3, 0.4) is 0 Å². The van der Waals surface area contributed by atoms with Gasteiger partial charge in [-0.25, -0.2) is 13.1 Å². The highest BCUT2D eigenvalue weighted by Gasteiger charge is 2.17. The Kier molecular flexibility index (Phi) is 6.68. The molecule has 0 bridgehead atoms. The number of furan rings is 1. The van der Waals surface area contributed by atoms with Crippen LogP contribution in [0.1, 0.15) is 12.7 Å². The van der Waals surface area contributed by atoms with Gasteiger partial charge in [0.05, 0.1) is 22.6 Å². The number of nitrogens with zero attached hydrogens (tertiary/aromatic N) is 1. The van der Waals surface area contributed by atoms with Gasteiger partial charge >= 0.3 is 0 Å². The maximum Gasteiger partial charge on any atom is 0.269 e. The van der Waals surface area contributed by atoms with Gasteiger partial charge in [-0.3, -0.25) is 14.9 Å². The fourth-order valence-electron chi connectivity index (χ4n) is 2.53. The summed E-state index contributed by atoms with van der Waals surface area (Å²) >= 11 is 0. The summed E-state index contributed by atoms with van der Waals surface area (Å²) in [6.45, 7) is 1.54. The number of nitro groups is 1. The van der Waals surface area contributed by atoms with E-state index in [1.165, 1.54) is 61.7 Å². The van der Waals surface area contributed by atoms with Crippen LogP contribution in [-0.4, -0.2) is 25.4 Å². The molecule has 0 aliphatic rings. The Morgan fingerprint density at radius 2 is 1.81 bits per heavy atom. The first-order valence-corrected chi connectivity index (χ1v) is 10.6. The fraction of sp³-hybridized carbons (Fsp3) is 0.150. The van der Waals surface area contributed by atoms with E-state index < -0.39 is 27.0 Å². The molecule has 0 aliphatic carbocycles. The quantitative estimate of drug-likeness (QED) is 0.381. The molecule has 11 heteroatoms. The van der Waals surface area contributed by atoms with Crippen LogP contribution in [0, 0.1) is 10.1 Å². The molecule has 0 radical (unpaired) electrons. The van der Waals surface area contributed by atoms with E-state index in [1.54, 1.807) is 12.1 Å². The summed E-state index contributed by atoms with van der Waals surface area (Å²) in [4.78, 5) is 22.5. The monoisotopic (exact) mass is 445 g/mol. The van der Waals surface area contributed by atoms with Crippen LogP contribution in [0.5, 0.6) is 5.75 Å². The Labute approximate surface area is 178 Å². The van der Waals surface area contributed by atoms with Crippen molar-refractivity contribution in [1.82, 2.24) is 4.72 Å². The van der Waals surface area contributed by atoms with E-state index in [4.69, 9.17) is 9.15 Å². The summed E-state index contributed by atoms with van der Waals surface area (Å²) in [6.07, 6.45) is 0.563. The van der Waals surface area contributed by atoms with Crippen LogP contribution in [0.4, 0.5) is 11.4 Å². The van der Waals surface area contributed by atoms with Crippen molar-refractivity contribution < 1.29 is 27.3 Å². The standard InChI is InChI=1S/C20H19N3O7S/c1-14(30-17-8-6-16(7-9-17)23(25)26)20(24)22-15-4-10-19(11-5-15)31(27,28)21-13-18-3-2-12-29-18/h2-12,14,21H,13H2,1H3,(H,22,24). The van der Waals surface area contributed by atoms with E-state index in [2.05, 4.69) is 10.0 Å². The zero-order valence-corrected chi connectivity index (χ0v) is 17.2. The molecule has 10 nitrogen and oxygen atoms in total. The third-order valence-electron chi connectivity index (χ3n) is 4.18. The zero-order valence-electron chi connectivity index (χ0n) is 16.3. The number of rotatable bonds is 9. The lowest BCUT2D eigenvalue weighted by Crippen LogP contribution is -2.30. The molecular weight excluding hydrogens is 426 g/mol. The summed E-state index contributed by atoms with van der Waals surface area (Å²) in [5.41, 5.74) is 0.298. The van der Waals surface area contributed by atoms with Gasteiger partial charge in [-0.2, -0.15) is 0 Å². The van der Waals surface area contributed by atoms with E-state index in [9.17, 15) is 23.3 Å². The van der Waals surface area contributed by atoms with Gasteiger partial charge in [-0.1, -0.05) is 0 Å². The Balaban J connectivity index is 1.56. The van der Waals surface area contributed by atoms with Crippen molar-refractivity contribution >= 4 is 27.3 Å². The lowest BCUT2D eigenvalue weighted by molar-refractivity contribution is -0.384. The van der Waals surface area contributed by atoms with Gasteiger partial charge in [0.25, 0.3) is 11.6 Å². The van der Waals surface area contributed by atoms with Crippen molar-refractivity contribution in [3.8, 4) is 5.75 Å². The van der Waals surface area contributed by atoms with Crippen LogP contribution in [0.2, 0.25) is 0 Å². The van der Waals surface area contributed by atoms with Gasteiger partial charge in [-0.15, -0.1) is 0 Å². The molecule has 0 aliphatic heterocycles. The number of nitrogens with one attached hydrogen (secondary N) is 2. The summed E-state index contributed by atoms with van der Waals surface area (Å²) in [6, 6.07) is 14.3. The molecule has 2 aromatic carbocycles. The number of hydrogen-bond donors (Lipinski definition) is 2. The largest absolute Gasteiger partial charge is 0.481 e. The SMILES string of the molecule is CC(Oc1ccc([N+](=O)[O-])cc1)C(=O)Nc1ccc(S(=O)(=O)NCc2ccco2)cc1. The second kappa shape index (κ2) is 9.41. The molecule has 1 atom stereocenters. The summed E-state index contributed by atoms with van der Waals surface area (Å²) in [7, 11) is -3.74. The summed E-state index contributed by atoms with van der Waals surface area (Å²) < 4.78 is 37.7. The second-order valence-electron chi connectivity index (χ2n) is 6.43. The molecular formula is C20H19N3O7S. The van der Waals surface area contributed by atoms with Gasteiger partial charge in [0.2, 0.25) is 10.0 Å². The molecule has 0 spiro atoms. The van der Waals surface area contributed by atoms with E-state index in [-0.39, 0.29) is 17.1 Å². The molecule has 31 heavy (non-hydrogen) atoms. The van der Waals surface area contributed by atoms with E-state index in [1.807, 2.05) is 0 Å². The number of carbonyl (C=O) groups excluding carboxylic acids is 1. The average Bonchev–Trinajstić information content (AvgIpc) is 3.27. The number of carbonyl (C=O) groups is 1. The molecule has 3 aromatic rings. The number of ether oxygens (including phenoxy) is 1. The van der Waals surface area contributed by atoms with Gasteiger partial charge in [0, 0.05) is 17.8 Å². The highest BCUT2D eigenvalue weighted by Crippen LogP contribution is 2.19. The number of amides is 1. The van der Waals surface area contributed by atoms with E-state index in [0.29, 0.717) is 17.2 Å². The molecule has 0 saturated heterocycles. The van der Waals surface area contributed by atoms with Crippen molar-refractivity contribution in [3.63, 3.8) is 0 Å². The van der Waals surface area contributed by atoms with Crippen molar-refractivity contribution in [3.05, 3.63) is 82.8 Å². The van der Waals surface area contributed by atoms with Gasteiger partial charge < -0.3 is 14.5 Å². The maximum absolute atomic E-state index is 12.3. The lowest BCUT2D eigenvalue weighted by atomic mass is 10.3. The van der Waals surface area contributed by atoms with Crippen LogP contribution in [0.25, 0.3) is 0 Å². The zero-order chi connectivity index (χ0) is 22.4. The second-order valence-corrected chi connectivity index (χ2v) is 8.20. The molecule has 0 fully saturated rings. The van der Waals surface area contributed by atoms with Gasteiger partial charge in [-0.05, 0) is 55.5 Å². The van der Waals surface area contributed by atoms with Crippen LogP contribution in [0.15, 0.2) is 76.2 Å². The number of non-ortho nitro benzene ring substituents is 1. The highest BCUT2D eigenvalue weighted by molar-refractivity contribution is 7.89. The molecule has 0 saturated carbocycles. The normalized spacial score (nSPS) is 12.2. The Morgan fingerprint density at radius 1 is 1.13 bits per heavy atom. The van der Waals surface area contributed by atoms with Gasteiger partial charge in [0.1, 0.15) is 11.5 Å². The van der Waals surface area contributed by atoms with E-state index >= 15 is 0 Å². The first-order chi connectivity index (χ1) is 14.7. The Morgan fingerprint density at radius 3 is 2.39 bits per heavy atom. The number of nitro benzene ring substituents is 1. The highest BCUT2D eigenvalue weighted by atomic mass is 32.2. The van der Waals surface area contributed by atoms with Crippen LogP contribution < -0.4 is 14.8 Å². The number of benzene rings is 2. The Bertz CT molecular complexity index is 1140. The van der Waals surface area contributed by atoms with Crippen molar-refractivity contribution in [1.29, 1.82) is 0 Å².